The van der Waals surface area contributed by atoms with Crippen molar-refractivity contribution in [3.63, 3.8) is 0 Å². The number of fused-ring (bicyclic) bond motifs is 6. The summed E-state index contributed by atoms with van der Waals surface area (Å²) in [5.74, 6) is 2.35. The van der Waals surface area contributed by atoms with E-state index in [0.717, 1.165) is 193 Å². The molecule has 7 aliphatic rings. The number of carbonyl (C=O) groups is 3. The lowest BCUT2D eigenvalue weighted by atomic mass is 9.93. The molecule has 0 atom stereocenters. The second-order valence-corrected chi connectivity index (χ2v) is 27.1. The van der Waals surface area contributed by atoms with Crippen molar-refractivity contribution < 1.29 is 18.8 Å². The molecule has 24 nitrogen and oxygen atoms in total. The lowest BCUT2D eigenvalue weighted by Crippen LogP contribution is -2.44. The fourth-order valence-corrected chi connectivity index (χ4v) is 15.0. The van der Waals surface area contributed by atoms with Crippen LogP contribution in [0.3, 0.4) is 0 Å². The molecule has 11 aromatic rings. The Hall–Kier alpha value is -11.5. The monoisotopic (exact) mass is 1370 g/mol. The van der Waals surface area contributed by atoms with E-state index in [1.54, 1.807) is 0 Å². The van der Waals surface area contributed by atoms with E-state index in [9.17, 15) is 14.4 Å². The van der Waals surface area contributed by atoms with Gasteiger partial charge in [0.25, 0.3) is 17.7 Å². The molecule has 18 rings (SSSR count). The smallest absolute Gasteiger partial charge is 0.254 e. The van der Waals surface area contributed by atoms with Crippen LogP contribution < -0.4 is 51.9 Å². The SMILES string of the molecule is CN1CCN(c2ccc(Nc3ccc(-c4c(F)cnc5c4ccn5C)c4c3C(=O)NC4)nc2)CC1.CN1CCN(c2ccc(Nc3ccc(-c4ccnc5c4CCN5)c4c3C(=O)NC4)nc2)CC1.CN1CCN(c2ccc(Nc3ccc(-c4ccnc5ccn(C)c45)c4c3C(=O)NC4)nc2)CC1. The minimum absolute atomic E-state index is 0.0489. The number of anilines is 10. The highest BCUT2D eigenvalue weighted by atomic mass is 19.1. The summed E-state index contributed by atoms with van der Waals surface area (Å²) in [6.07, 6.45) is 15.4. The lowest BCUT2D eigenvalue weighted by molar-refractivity contribution is 0.0958. The highest BCUT2D eigenvalue weighted by molar-refractivity contribution is 6.09. The summed E-state index contributed by atoms with van der Waals surface area (Å²) in [7, 11) is 10.3. The quantitative estimate of drug-likeness (QED) is 0.0602. The molecule has 0 radical (unpaired) electrons. The zero-order valence-electron chi connectivity index (χ0n) is 57.7. The Morgan fingerprint density at radius 3 is 1.30 bits per heavy atom. The number of piperazine rings is 3. The fraction of sp³-hybridized carbons (Fsp3) is 0.286. The predicted molar refractivity (Wildman–Crippen MR) is 399 cm³/mol. The number of hydrogen-bond donors (Lipinski definition) is 7. The summed E-state index contributed by atoms with van der Waals surface area (Å²) in [4.78, 5) is 79.5. The summed E-state index contributed by atoms with van der Waals surface area (Å²) in [5.41, 5.74) is 19.7. The molecule has 0 unspecified atom stereocenters. The van der Waals surface area contributed by atoms with Crippen LogP contribution in [0.25, 0.3) is 55.4 Å². The maximum Gasteiger partial charge on any atom is 0.254 e. The molecule has 8 aromatic heterocycles. The number of likely N-dealkylation sites (N-methyl/N-ethyl adjacent to an activating group) is 3. The molecule has 7 aliphatic heterocycles. The van der Waals surface area contributed by atoms with Gasteiger partial charge in [0.15, 0.2) is 0 Å². The number of carbonyl (C=O) groups excluding carboxylic acids is 3. The van der Waals surface area contributed by atoms with E-state index in [4.69, 9.17) is 0 Å². The Kier molecular flexibility index (Phi) is 17.6. The van der Waals surface area contributed by atoms with E-state index in [1.165, 1.54) is 11.8 Å². The number of rotatable bonds is 12. The molecular weight excluding hydrogens is 1290 g/mol. The topological polar surface area (TPSA) is 242 Å². The van der Waals surface area contributed by atoms with Gasteiger partial charge in [-0.1, -0.05) is 18.2 Å². The van der Waals surface area contributed by atoms with Crippen LogP contribution in [-0.4, -0.2) is 178 Å². The maximum atomic E-state index is 15.0. The summed E-state index contributed by atoms with van der Waals surface area (Å²) in [5, 5.41) is 23.0. The number of nitrogens with zero attached hydrogens (tertiary/aromatic N) is 14. The Bertz CT molecular complexity index is 5040. The minimum Gasteiger partial charge on any atom is -0.369 e. The van der Waals surface area contributed by atoms with Crippen molar-refractivity contribution in [3.05, 3.63) is 191 Å². The third kappa shape index (κ3) is 12.6. The predicted octanol–water partition coefficient (Wildman–Crippen LogP) is 9.74. The largest absolute Gasteiger partial charge is 0.369 e. The number of pyridine rings is 6. The molecule has 0 spiro atoms. The van der Waals surface area contributed by atoms with Crippen LogP contribution in [0.4, 0.5) is 61.8 Å². The number of aryl methyl sites for hydroxylation is 2. The van der Waals surface area contributed by atoms with Gasteiger partial charge in [-0.05, 0) is 145 Å². The van der Waals surface area contributed by atoms with E-state index in [2.05, 4.69) is 153 Å². The molecule has 3 amide bonds. The Morgan fingerprint density at radius 1 is 0.392 bits per heavy atom. The van der Waals surface area contributed by atoms with Crippen molar-refractivity contribution in [2.24, 2.45) is 14.1 Å². The van der Waals surface area contributed by atoms with Crippen LogP contribution in [0.2, 0.25) is 0 Å². The first-order chi connectivity index (χ1) is 49.7. The van der Waals surface area contributed by atoms with Crippen molar-refractivity contribution in [3.8, 4) is 33.4 Å². The van der Waals surface area contributed by atoms with Crippen LogP contribution in [-0.2, 0) is 40.2 Å². The van der Waals surface area contributed by atoms with Gasteiger partial charge in [-0.15, -0.1) is 0 Å². The average Bonchev–Trinajstić information content (AvgIpc) is 1.57. The van der Waals surface area contributed by atoms with Gasteiger partial charge in [-0.25, -0.2) is 29.3 Å². The Morgan fingerprint density at radius 2 is 0.824 bits per heavy atom. The molecule has 518 valence electrons. The van der Waals surface area contributed by atoms with Gasteiger partial charge in [0, 0.05) is 166 Å². The molecule has 0 aliphatic carbocycles. The van der Waals surface area contributed by atoms with Crippen LogP contribution in [0.1, 0.15) is 53.3 Å². The molecule has 3 saturated heterocycles. The van der Waals surface area contributed by atoms with E-state index >= 15 is 4.39 Å². The minimum atomic E-state index is -0.410. The molecule has 7 N–H and O–H groups in total. The van der Waals surface area contributed by atoms with Crippen molar-refractivity contribution in [1.82, 2.24) is 69.7 Å². The highest BCUT2D eigenvalue weighted by Crippen LogP contribution is 2.43. The molecular formula is C77H80FN21O3. The molecule has 15 heterocycles. The standard InChI is InChI=1S/C26H26FN7O.C26H27N7O.C25H27N7O/c1-32-9-11-34(12-10-32)16-3-6-22(28-13-16)31-21-5-4-17(19-14-30-26(35)24(19)21)23-18-7-8-33(2)25(18)29-15-20(23)27;1-31-11-13-33(14-12-31)17-3-6-23(28-15-17)30-21-5-4-18(20-16-29-26(34)24(20)21)19-7-9-27-22-8-10-32(2)25(19)22;1-31-10-12-32(13-11-31)16-2-5-22(28-14-16)30-21-4-3-17(20-15-29-25(33)23(20)21)18-6-8-26-24-19(18)7-9-27-24/h3-8,13,15H,9-12,14H2,1-2H3,(H,28,31)(H,30,35);3-10,15H,11-14,16H2,1-2H3,(H,28,30)(H,29,34);2-6,8,14H,7,9-13,15H2,1H3,(H,26,27)(H,28,30)(H,29,33). The summed E-state index contributed by atoms with van der Waals surface area (Å²) in [6, 6.07) is 31.9. The van der Waals surface area contributed by atoms with E-state index in [1.807, 2.05) is 129 Å². The first kappa shape index (κ1) is 65.1. The third-order valence-corrected chi connectivity index (χ3v) is 20.7. The normalized spacial score (nSPS) is 16.5. The van der Waals surface area contributed by atoms with Gasteiger partial charge in [0.05, 0.1) is 86.6 Å². The summed E-state index contributed by atoms with van der Waals surface area (Å²) >= 11 is 0. The van der Waals surface area contributed by atoms with Gasteiger partial charge in [-0.3, -0.25) is 19.4 Å². The second kappa shape index (κ2) is 27.5. The molecule has 25 heteroatoms. The molecule has 3 aromatic carbocycles. The zero-order chi connectivity index (χ0) is 69.7. The van der Waals surface area contributed by atoms with Crippen LogP contribution >= 0.6 is 0 Å². The molecule has 0 bridgehead atoms. The number of hydrogen-bond acceptors (Lipinski definition) is 19. The van der Waals surface area contributed by atoms with Crippen LogP contribution in [0, 0.1) is 5.82 Å². The third-order valence-electron chi connectivity index (χ3n) is 20.7. The number of nitrogens with one attached hydrogen (secondary N) is 7. The van der Waals surface area contributed by atoms with Gasteiger partial charge in [0.1, 0.15) is 34.7 Å². The summed E-state index contributed by atoms with van der Waals surface area (Å²) in [6.45, 7) is 14.5. The first-order valence-corrected chi connectivity index (χ1v) is 34.8. The first-order valence-electron chi connectivity index (χ1n) is 34.8. The number of aromatic nitrogens is 8. The van der Waals surface area contributed by atoms with Gasteiger partial charge < -0.3 is 75.8 Å². The number of halogens is 1. The maximum absolute atomic E-state index is 15.0. The number of benzene rings is 3. The van der Waals surface area contributed by atoms with Crippen molar-refractivity contribution >= 4 is 97.2 Å². The van der Waals surface area contributed by atoms with Crippen LogP contribution in [0.15, 0.2) is 147 Å². The highest BCUT2D eigenvalue weighted by Gasteiger charge is 2.32. The molecule has 102 heavy (non-hydrogen) atoms. The van der Waals surface area contributed by atoms with Crippen LogP contribution in [0.5, 0.6) is 0 Å². The van der Waals surface area contributed by atoms with E-state index in [-0.39, 0.29) is 17.7 Å². The Balaban J connectivity index is 0.000000118. The van der Waals surface area contributed by atoms with Gasteiger partial charge in [-0.2, -0.15) is 0 Å². The van der Waals surface area contributed by atoms with E-state index in [0.29, 0.717) is 64.6 Å². The van der Waals surface area contributed by atoms with Crippen molar-refractivity contribution in [1.29, 1.82) is 0 Å². The Labute approximate surface area is 590 Å². The van der Waals surface area contributed by atoms with Gasteiger partial charge >= 0.3 is 0 Å². The van der Waals surface area contributed by atoms with Gasteiger partial charge in [0.2, 0.25) is 0 Å². The second-order valence-electron chi connectivity index (χ2n) is 27.1. The van der Waals surface area contributed by atoms with Crippen molar-refractivity contribution in [2.45, 2.75) is 26.1 Å². The molecule has 0 saturated carbocycles. The fourth-order valence-electron chi connectivity index (χ4n) is 15.0. The summed E-state index contributed by atoms with van der Waals surface area (Å²) < 4.78 is 19.0. The average molecular weight is 1370 g/mol. The van der Waals surface area contributed by atoms with Crippen molar-refractivity contribution in [2.75, 3.05) is 142 Å². The number of amides is 3. The lowest BCUT2D eigenvalue weighted by Gasteiger charge is -2.33. The van der Waals surface area contributed by atoms with E-state index < -0.39 is 5.82 Å². The molecule has 3 fully saturated rings. The zero-order valence-corrected chi connectivity index (χ0v) is 57.7.